The van der Waals surface area contributed by atoms with Crippen molar-refractivity contribution in [1.29, 1.82) is 0 Å². The minimum absolute atomic E-state index is 0.0400. The quantitative estimate of drug-likeness (QED) is 0.917. The topological polar surface area (TPSA) is 59.3 Å². The van der Waals surface area contributed by atoms with E-state index in [1.807, 2.05) is 0 Å². The molecule has 2 aromatic rings. The summed E-state index contributed by atoms with van der Waals surface area (Å²) in [5.74, 6) is -0.819. The van der Waals surface area contributed by atoms with Crippen LogP contribution in [-0.2, 0) is 10.0 Å². The number of halogens is 1. The first-order valence-electron chi connectivity index (χ1n) is 5.10. The third kappa shape index (κ3) is 2.18. The molecule has 17 heavy (non-hydrogen) atoms. The van der Waals surface area contributed by atoms with Crippen LogP contribution in [0.3, 0.4) is 0 Å². The zero-order valence-corrected chi connectivity index (χ0v) is 10.2. The van der Waals surface area contributed by atoms with Crippen molar-refractivity contribution < 1.29 is 17.2 Å². The molecule has 0 amide bonds. The lowest BCUT2D eigenvalue weighted by molar-refractivity contribution is 0.538. The van der Waals surface area contributed by atoms with E-state index in [0.717, 1.165) is 6.07 Å². The van der Waals surface area contributed by atoms with Gasteiger partial charge >= 0.3 is 0 Å². The smallest absolute Gasteiger partial charge is 0.247 e. The van der Waals surface area contributed by atoms with E-state index in [9.17, 15) is 12.8 Å². The third-order valence-electron chi connectivity index (χ3n) is 2.19. The first-order chi connectivity index (χ1) is 7.92. The van der Waals surface area contributed by atoms with Gasteiger partial charge in [0.2, 0.25) is 10.0 Å². The molecule has 0 aliphatic rings. The monoisotopic (exact) mass is 257 g/mol. The molecule has 0 atom stereocenters. The lowest BCUT2D eigenvalue weighted by atomic mass is 10.2. The lowest BCUT2D eigenvalue weighted by Gasteiger charge is -2.10. The molecule has 0 unspecified atom stereocenters. The van der Waals surface area contributed by atoms with Gasteiger partial charge in [-0.05, 0) is 32.0 Å². The number of hydrogen-bond acceptors (Lipinski definition) is 3. The van der Waals surface area contributed by atoms with Gasteiger partial charge in [-0.15, -0.1) is 0 Å². The summed E-state index contributed by atoms with van der Waals surface area (Å²) >= 11 is 0. The fraction of sp³-hybridized carbons (Fsp3) is 0.273. The third-order valence-corrected chi connectivity index (χ3v) is 3.89. The Hall–Kier alpha value is -1.40. The minimum atomic E-state index is -3.91. The van der Waals surface area contributed by atoms with E-state index in [0.29, 0.717) is 5.39 Å². The van der Waals surface area contributed by atoms with Gasteiger partial charge in [0.15, 0.2) is 10.5 Å². The minimum Gasteiger partial charge on any atom is -0.463 e. The van der Waals surface area contributed by atoms with Crippen LogP contribution >= 0.6 is 0 Å². The Labute approximate surface area is 98.5 Å². The fourth-order valence-electron chi connectivity index (χ4n) is 1.60. The molecule has 2 rings (SSSR count). The van der Waals surface area contributed by atoms with Crippen molar-refractivity contribution in [3.8, 4) is 0 Å². The van der Waals surface area contributed by atoms with Crippen LogP contribution in [0.1, 0.15) is 13.8 Å². The normalized spacial score (nSPS) is 12.5. The SMILES string of the molecule is CC(C)NS(=O)(=O)c1c(F)ccc2ccoc12. The maximum Gasteiger partial charge on any atom is 0.247 e. The van der Waals surface area contributed by atoms with Gasteiger partial charge in [-0.1, -0.05) is 0 Å². The van der Waals surface area contributed by atoms with E-state index < -0.39 is 20.7 Å². The lowest BCUT2D eigenvalue weighted by Crippen LogP contribution is -2.31. The van der Waals surface area contributed by atoms with Crippen LogP contribution in [-0.4, -0.2) is 14.5 Å². The molecular formula is C11H12FNO3S. The van der Waals surface area contributed by atoms with Gasteiger partial charge in [0.1, 0.15) is 5.82 Å². The van der Waals surface area contributed by atoms with Gasteiger partial charge < -0.3 is 4.42 Å². The van der Waals surface area contributed by atoms with E-state index in [1.54, 1.807) is 19.9 Å². The zero-order chi connectivity index (χ0) is 12.6. The molecule has 1 N–H and O–H groups in total. The van der Waals surface area contributed by atoms with Crippen molar-refractivity contribution in [1.82, 2.24) is 4.72 Å². The highest BCUT2D eigenvalue weighted by Gasteiger charge is 2.24. The molecular weight excluding hydrogens is 245 g/mol. The molecule has 0 bridgehead atoms. The molecule has 0 saturated carbocycles. The second-order valence-electron chi connectivity index (χ2n) is 3.99. The summed E-state index contributed by atoms with van der Waals surface area (Å²) in [6, 6.07) is 3.86. The van der Waals surface area contributed by atoms with Crippen LogP contribution in [0.25, 0.3) is 11.0 Å². The molecule has 0 aliphatic heterocycles. The summed E-state index contributed by atoms with van der Waals surface area (Å²) in [7, 11) is -3.91. The molecule has 1 aromatic carbocycles. The Morgan fingerprint density at radius 1 is 1.29 bits per heavy atom. The first-order valence-corrected chi connectivity index (χ1v) is 6.58. The predicted octanol–water partition coefficient (Wildman–Crippen LogP) is 2.26. The van der Waals surface area contributed by atoms with Crippen LogP contribution in [0.15, 0.2) is 33.8 Å². The molecule has 0 spiro atoms. The first kappa shape index (κ1) is 12.1. The summed E-state index contributed by atoms with van der Waals surface area (Å²) in [4.78, 5) is -0.436. The Morgan fingerprint density at radius 2 is 2.00 bits per heavy atom. The Kier molecular flexibility index (Phi) is 2.92. The standard InChI is InChI=1S/C11H12FNO3S/c1-7(2)13-17(14,15)11-9(12)4-3-8-5-6-16-10(8)11/h3-7,13H,1-2H3. The number of hydrogen-bond donors (Lipinski definition) is 1. The molecule has 0 saturated heterocycles. The van der Waals surface area contributed by atoms with Crippen molar-refractivity contribution in [3.05, 3.63) is 30.3 Å². The summed E-state index contributed by atoms with van der Waals surface area (Å²) in [5.41, 5.74) is 0.0400. The second kappa shape index (κ2) is 4.12. The van der Waals surface area contributed by atoms with Crippen LogP contribution < -0.4 is 4.72 Å². The highest BCUT2D eigenvalue weighted by Crippen LogP contribution is 2.26. The summed E-state index contributed by atoms with van der Waals surface area (Å²) in [6.07, 6.45) is 1.33. The number of furan rings is 1. The Bertz CT molecular complexity index is 646. The summed E-state index contributed by atoms with van der Waals surface area (Å²) in [6.45, 7) is 3.33. The fourth-order valence-corrected chi connectivity index (χ4v) is 3.07. The molecule has 1 heterocycles. The molecule has 0 aliphatic carbocycles. The second-order valence-corrected chi connectivity index (χ2v) is 5.64. The molecule has 92 valence electrons. The number of nitrogens with one attached hydrogen (secondary N) is 1. The molecule has 0 fully saturated rings. The maximum absolute atomic E-state index is 13.7. The Balaban J connectivity index is 2.69. The number of sulfonamides is 1. The van der Waals surface area contributed by atoms with Gasteiger partial charge in [0.25, 0.3) is 0 Å². The van der Waals surface area contributed by atoms with Crippen LogP contribution in [0.4, 0.5) is 4.39 Å². The van der Waals surface area contributed by atoms with Gasteiger partial charge in [-0.3, -0.25) is 0 Å². The van der Waals surface area contributed by atoms with Crippen LogP contribution in [0.5, 0.6) is 0 Å². The van der Waals surface area contributed by atoms with Crippen LogP contribution in [0, 0.1) is 5.82 Å². The molecule has 6 heteroatoms. The van der Waals surface area contributed by atoms with E-state index in [-0.39, 0.29) is 11.6 Å². The summed E-state index contributed by atoms with van der Waals surface area (Å²) in [5, 5.41) is 0.551. The molecule has 4 nitrogen and oxygen atoms in total. The van der Waals surface area contributed by atoms with Gasteiger partial charge in [0, 0.05) is 11.4 Å². The number of benzene rings is 1. The van der Waals surface area contributed by atoms with E-state index in [2.05, 4.69) is 4.72 Å². The van der Waals surface area contributed by atoms with E-state index >= 15 is 0 Å². The zero-order valence-electron chi connectivity index (χ0n) is 9.40. The van der Waals surface area contributed by atoms with Gasteiger partial charge in [-0.2, -0.15) is 0 Å². The maximum atomic E-state index is 13.7. The average Bonchev–Trinajstić information content (AvgIpc) is 2.61. The van der Waals surface area contributed by atoms with Crippen LogP contribution in [0.2, 0.25) is 0 Å². The van der Waals surface area contributed by atoms with Crippen molar-refractivity contribution in [2.75, 3.05) is 0 Å². The number of fused-ring (bicyclic) bond motifs is 1. The highest BCUT2D eigenvalue weighted by atomic mass is 32.2. The number of rotatable bonds is 3. The molecule has 1 aromatic heterocycles. The van der Waals surface area contributed by atoms with E-state index in [1.165, 1.54) is 12.3 Å². The van der Waals surface area contributed by atoms with Crippen molar-refractivity contribution in [2.45, 2.75) is 24.8 Å². The van der Waals surface area contributed by atoms with Crippen molar-refractivity contribution in [2.24, 2.45) is 0 Å². The highest BCUT2D eigenvalue weighted by molar-refractivity contribution is 7.89. The van der Waals surface area contributed by atoms with Gasteiger partial charge in [0.05, 0.1) is 6.26 Å². The predicted molar refractivity (Wildman–Crippen MR) is 61.6 cm³/mol. The summed E-state index contributed by atoms with van der Waals surface area (Å²) < 4.78 is 45.0. The molecule has 0 radical (unpaired) electrons. The Morgan fingerprint density at radius 3 is 2.65 bits per heavy atom. The van der Waals surface area contributed by atoms with E-state index in [4.69, 9.17) is 4.42 Å². The van der Waals surface area contributed by atoms with Gasteiger partial charge in [-0.25, -0.2) is 17.5 Å². The van der Waals surface area contributed by atoms with Crippen molar-refractivity contribution in [3.63, 3.8) is 0 Å². The van der Waals surface area contributed by atoms with Crippen molar-refractivity contribution >= 4 is 21.0 Å². The largest absolute Gasteiger partial charge is 0.463 e. The average molecular weight is 257 g/mol.